The van der Waals surface area contributed by atoms with Gasteiger partial charge in [-0.25, -0.2) is 0 Å². The predicted molar refractivity (Wildman–Crippen MR) is 147 cm³/mol. The molecule has 0 radical (unpaired) electrons. The molecule has 1 aliphatic carbocycles. The van der Waals surface area contributed by atoms with Gasteiger partial charge in [0.15, 0.2) is 0 Å². The summed E-state index contributed by atoms with van der Waals surface area (Å²) in [5.41, 5.74) is 2.44. The number of rotatable bonds is 8. The van der Waals surface area contributed by atoms with Gasteiger partial charge in [0.2, 0.25) is 0 Å². The lowest BCUT2D eigenvalue weighted by Gasteiger charge is -2.46. The van der Waals surface area contributed by atoms with Crippen LogP contribution in [0.4, 0.5) is 13.2 Å². The standard InChI is InChI=1S/C31H37ClF3NO4/c1-4-25(24-18-23(32)9-10-26(24)40-31(33,34)35)36-15-13-30(14-16-36)12-11-20-5-8-22(17-27(20)39-30)28(21-6-7-21)19(2)29(37)38-3/h5,8-10,17-19,21,25,28H,4,6-7,11-16H2,1-3H3/t19-,25-,28+/m1/s1. The number of carbonyl (C=O) groups excluding carboxylic acids is 1. The molecule has 3 atom stereocenters. The van der Waals surface area contributed by atoms with Crippen LogP contribution in [0.25, 0.3) is 0 Å². The Balaban J connectivity index is 1.32. The van der Waals surface area contributed by atoms with Gasteiger partial charge in [-0.3, -0.25) is 9.69 Å². The summed E-state index contributed by atoms with van der Waals surface area (Å²) < 4.78 is 55.5. The fourth-order valence-electron chi connectivity index (χ4n) is 6.75. The average molecular weight is 580 g/mol. The lowest BCUT2D eigenvalue weighted by molar-refractivity contribution is -0.275. The van der Waals surface area contributed by atoms with Crippen LogP contribution in [-0.4, -0.2) is 43.0 Å². The highest BCUT2D eigenvalue weighted by molar-refractivity contribution is 6.30. The van der Waals surface area contributed by atoms with Crippen molar-refractivity contribution in [3.63, 3.8) is 0 Å². The molecule has 0 N–H and O–H groups in total. The maximum Gasteiger partial charge on any atom is 0.573 e. The summed E-state index contributed by atoms with van der Waals surface area (Å²) in [6, 6.07) is 10.5. The molecule has 2 heterocycles. The van der Waals surface area contributed by atoms with Gasteiger partial charge in [-0.05, 0) is 92.2 Å². The van der Waals surface area contributed by atoms with Crippen LogP contribution in [0.2, 0.25) is 5.02 Å². The van der Waals surface area contributed by atoms with Crippen LogP contribution in [0.1, 0.15) is 81.0 Å². The summed E-state index contributed by atoms with van der Waals surface area (Å²) in [6.45, 7) is 5.29. The maximum atomic E-state index is 13.1. The number of hydrogen-bond acceptors (Lipinski definition) is 5. The molecule has 0 aromatic heterocycles. The second-order valence-corrected chi connectivity index (χ2v) is 12.0. The molecular weight excluding hydrogens is 543 g/mol. The van der Waals surface area contributed by atoms with Crippen molar-refractivity contribution >= 4 is 17.6 Å². The van der Waals surface area contributed by atoms with E-state index in [0.29, 0.717) is 36.0 Å². The second kappa shape index (κ2) is 11.4. The van der Waals surface area contributed by atoms with Crippen molar-refractivity contribution in [1.29, 1.82) is 0 Å². The molecule has 0 unspecified atom stereocenters. The van der Waals surface area contributed by atoms with Crippen molar-refractivity contribution in [3.8, 4) is 11.5 Å². The van der Waals surface area contributed by atoms with E-state index in [1.165, 1.54) is 24.8 Å². The van der Waals surface area contributed by atoms with Gasteiger partial charge in [-0.1, -0.05) is 37.6 Å². The SMILES string of the molecule is CC[C@H](c1cc(Cl)ccc1OC(F)(F)F)N1CCC2(CCc3ccc([C@H](C4CC4)[C@@H](C)C(=O)OC)cc3O2)CC1. The first-order valence-corrected chi connectivity index (χ1v) is 14.6. The number of methoxy groups -OCH3 is 1. The third kappa shape index (κ3) is 6.23. The van der Waals surface area contributed by atoms with E-state index in [-0.39, 0.29) is 35.2 Å². The first-order chi connectivity index (χ1) is 19.0. The molecule has 40 heavy (non-hydrogen) atoms. The van der Waals surface area contributed by atoms with E-state index in [1.807, 2.05) is 13.8 Å². The van der Waals surface area contributed by atoms with Crippen molar-refractivity contribution in [2.45, 2.75) is 82.7 Å². The molecule has 1 saturated heterocycles. The zero-order valence-corrected chi connectivity index (χ0v) is 24.0. The summed E-state index contributed by atoms with van der Waals surface area (Å²) in [5, 5.41) is 0.380. The molecule has 5 nitrogen and oxygen atoms in total. The summed E-state index contributed by atoms with van der Waals surface area (Å²) >= 11 is 6.19. The Morgan fingerprint density at radius 3 is 2.50 bits per heavy atom. The summed E-state index contributed by atoms with van der Waals surface area (Å²) in [6.07, 6.45) is 1.42. The third-order valence-electron chi connectivity index (χ3n) is 8.99. The number of esters is 1. The van der Waals surface area contributed by atoms with Crippen LogP contribution in [-0.2, 0) is 16.0 Å². The lowest BCUT2D eigenvalue weighted by atomic mass is 9.80. The Morgan fingerprint density at radius 1 is 1.15 bits per heavy atom. The minimum atomic E-state index is -4.78. The first-order valence-electron chi connectivity index (χ1n) is 14.2. The van der Waals surface area contributed by atoms with Crippen molar-refractivity contribution in [3.05, 3.63) is 58.1 Å². The molecule has 1 saturated carbocycles. The Hall–Kier alpha value is -2.45. The van der Waals surface area contributed by atoms with Crippen molar-refractivity contribution < 1.29 is 32.2 Å². The number of hydrogen-bond donors (Lipinski definition) is 0. The number of aryl methyl sites for hydroxylation is 1. The molecule has 2 fully saturated rings. The summed E-state index contributed by atoms with van der Waals surface area (Å²) in [4.78, 5) is 14.6. The topological polar surface area (TPSA) is 48.0 Å². The molecule has 3 aliphatic rings. The third-order valence-corrected chi connectivity index (χ3v) is 9.22. The quantitative estimate of drug-likeness (QED) is 0.298. The number of nitrogens with zero attached hydrogens (tertiary/aromatic N) is 1. The monoisotopic (exact) mass is 579 g/mol. The molecule has 0 amide bonds. The zero-order chi connectivity index (χ0) is 28.7. The molecule has 1 spiro atoms. The van der Waals surface area contributed by atoms with Crippen LogP contribution < -0.4 is 9.47 Å². The highest BCUT2D eigenvalue weighted by Gasteiger charge is 2.43. The van der Waals surface area contributed by atoms with Crippen molar-refractivity contribution in [2.75, 3.05) is 20.2 Å². The molecule has 0 bridgehead atoms. The molecule has 2 aromatic carbocycles. The zero-order valence-electron chi connectivity index (χ0n) is 23.2. The average Bonchev–Trinajstić information content (AvgIpc) is 3.75. The number of halogens is 4. The normalized spacial score (nSPS) is 21.2. The fourth-order valence-corrected chi connectivity index (χ4v) is 6.93. The van der Waals surface area contributed by atoms with Crippen molar-refractivity contribution in [1.82, 2.24) is 4.90 Å². The van der Waals surface area contributed by atoms with Crippen molar-refractivity contribution in [2.24, 2.45) is 11.8 Å². The van der Waals surface area contributed by atoms with E-state index in [1.54, 1.807) is 6.07 Å². The first kappa shape index (κ1) is 29.1. The van der Waals surface area contributed by atoms with Gasteiger partial charge in [0.25, 0.3) is 0 Å². The minimum absolute atomic E-state index is 0.109. The number of ether oxygens (including phenoxy) is 3. The van der Waals surface area contributed by atoms with Crippen LogP contribution >= 0.6 is 11.6 Å². The van der Waals surface area contributed by atoms with E-state index in [2.05, 4.69) is 27.8 Å². The number of carbonyl (C=O) groups is 1. The number of fused-ring (bicyclic) bond motifs is 1. The summed E-state index contributed by atoms with van der Waals surface area (Å²) in [7, 11) is 1.44. The van der Waals surface area contributed by atoms with Gasteiger partial charge in [0.05, 0.1) is 13.0 Å². The second-order valence-electron chi connectivity index (χ2n) is 11.5. The molecule has 5 rings (SSSR count). The Labute approximate surface area is 238 Å². The Bertz CT molecular complexity index is 1220. The van der Waals surface area contributed by atoms with E-state index in [0.717, 1.165) is 49.8 Å². The van der Waals surface area contributed by atoms with Gasteiger partial charge in [0, 0.05) is 29.7 Å². The summed E-state index contributed by atoms with van der Waals surface area (Å²) in [5.74, 6) is 0.871. The molecule has 218 valence electrons. The highest BCUT2D eigenvalue weighted by Crippen LogP contribution is 2.49. The smallest absolute Gasteiger partial charge is 0.487 e. The Morgan fingerprint density at radius 2 is 1.88 bits per heavy atom. The number of piperidine rings is 1. The van der Waals surface area contributed by atoms with Gasteiger partial charge < -0.3 is 14.2 Å². The molecular formula is C31H37ClF3NO4. The Kier molecular flexibility index (Phi) is 8.31. The number of likely N-dealkylation sites (tertiary alicyclic amines) is 1. The lowest BCUT2D eigenvalue weighted by Crippen LogP contribution is -2.50. The van der Waals surface area contributed by atoms with Crippen LogP contribution in [0.15, 0.2) is 36.4 Å². The predicted octanol–water partition coefficient (Wildman–Crippen LogP) is 7.85. The molecule has 2 aliphatic heterocycles. The highest BCUT2D eigenvalue weighted by atomic mass is 35.5. The fraction of sp³-hybridized carbons (Fsp3) is 0.581. The largest absolute Gasteiger partial charge is 0.573 e. The maximum absolute atomic E-state index is 13.1. The van der Waals surface area contributed by atoms with E-state index >= 15 is 0 Å². The van der Waals surface area contributed by atoms with E-state index in [4.69, 9.17) is 21.1 Å². The number of benzene rings is 2. The van der Waals surface area contributed by atoms with Gasteiger partial charge in [0.1, 0.15) is 17.1 Å². The molecule has 9 heteroatoms. The minimum Gasteiger partial charge on any atom is -0.487 e. The molecule has 2 aromatic rings. The van der Waals surface area contributed by atoms with Crippen LogP contribution in [0.3, 0.4) is 0 Å². The van der Waals surface area contributed by atoms with Gasteiger partial charge in [-0.15, -0.1) is 13.2 Å². The van der Waals surface area contributed by atoms with Gasteiger partial charge in [-0.2, -0.15) is 0 Å². The van der Waals surface area contributed by atoms with Gasteiger partial charge >= 0.3 is 12.3 Å². The van der Waals surface area contributed by atoms with Crippen LogP contribution in [0, 0.1) is 11.8 Å². The number of alkyl halides is 3. The van der Waals surface area contributed by atoms with E-state index < -0.39 is 6.36 Å². The van der Waals surface area contributed by atoms with Crippen LogP contribution in [0.5, 0.6) is 11.5 Å². The van der Waals surface area contributed by atoms with E-state index in [9.17, 15) is 18.0 Å².